The van der Waals surface area contributed by atoms with Gasteiger partial charge in [0.05, 0.1) is 6.42 Å². The van der Waals surface area contributed by atoms with Crippen LogP contribution in [0.5, 0.6) is 0 Å². The predicted molar refractivity (Wildman–Crippen MR) is 70.7 cm³/mol. The van der Waals surface area contributed by atoms with Gasteiger partial charge in [-0.25, -0.2) is 0 Å². The van der Waals surface area contributed by atoms with Crippen molar-refractivity contribution in [2.75, 3.05) is 24.3 Å². The van der Waals surface area contributed by atoms with Crippen LogP contribution in [-0.4, -0.2) is 32.0 Å². The van der Waals surface area contributed by atoms with Gasteiger partial charge in [-0.05, 0) is 24.6 Å². The first-order valence-corrected chi connectivity index (χ1v) is 5.85. The number of hydrogen-bond donors (Lipinski definition) is 2. The number of hydrogen-bond acceptors (Lipinski definition) is 4. The molecule has 1 fully saturated rings. The van der Waals surface area contributed by atoms with E-state index in [1.165, 1.54) is 0 Å². The van der Waals surface area contributed by atoms with E-state index >= 15 is 0 Å². The third kappa shape index (κ3) is 2.45. The van der Waals surface area contributed by atoms with Gasteiger partial charge in [0.15, 0.2) is 0 Å². The van der Waals surface area contributed by atoms with Crippen molar-refractivity contribution in [2.45, 2.75) is 19.4 Å². The van der Waals surface area contributed by atoms with Crippen molar-refractivity contribution in [1.82, 2.24) is 5.32 Å². The topological polar surface area (TPSA) is 61.4 Å². The van der Waals surface area contributed by atoms with Crippen molar-refractivity contribution in [3.8, 4) is 0 Å². The van der Waals surface area contributed by atoms with Crippen LogP contribution >= 0.6 is 0 Å². The number of nitrogens with zero attached hydrogens (tertiary/aromatic N) is 1. The first kappa shape index (κ1) is 12.4. The van der Waals surface area contributed by atoms with Gasteiger partial charge in [0.1, 0.15) is 6.04 Å². The molecule has 1 aromatic rings. The summed E-state index contributed by atoms with van der Waals surface area (Å²) in [6.45, 7) is 2.03. The van der Waals surface area contributed by atoms with E-state index in [-0.39, 0.29) is 18.2 Å². The lowest BCUT2D eigenvalue weighted by molar-refractivity contribution is -0.124. The van der Waals surface area contributed by atoms with Gasteiger partial charge in [-0.2, -0.15) is 0 Å². The Kier molecular flexibility index (Phi) is 3.23. The maximum Gasteiger partial charge on any atom is 0.249 e. The molecule has 0 saturated carbocycles. The molecule has 1 aliphatic rings. The summed E-state index contributed by atoms with van der Waals surface area (Å²) in [7, 11) is 3.94. The minimum atomic E-state index is -0.463. The molecular formula is C13H17N3O2. The molecule has 0 aliphatic carbocycles. The normalized spacial score (nSPS) is 18.7. The van der Waals surface area contributed by atoms with Gasteiger partial charge in [0.2, 0.25) is 11.8 Å². The van der Waals surface area contributed by atoms with E-state index in [9.17, 15) is 9.59 Å². The summed E-state index contributed by atoms with van der Waals surface area (Å²) in [5.74, 6) is -0.482. The Morgan fingerprint density at radius 2 is 2.06 bits per heavy atom. The summed E-state index contributed by atoms with van der Waals surface area (Å²) in [6, 6.07) is 5.42. The highest BCUT2D eigenvalue weighted by molar-refractivity contribution is 6.06. The van der Waals surface area contributed by atoms with Crippen LogP contribution in [0, 0.1) is 6.92 Å². The standard InChI is InChI=1S/C13H17N3O2/c1-8-4-5-9(6-11(8)16(2)3)14-10-7-12(17)15-13(10)18/h4-6,10,14H,7H2,1-3H3,(H,15,17,18). The highest BCUT2D eigenvalue weighted by atomic mass is 16.2. The van der Waals surface area contributed by atoms with Gasteiger partial charge in [0.25, 0.3) is 0 Å². The van der Waals surface area contributed by atoms with Crippen molar-refractivity contribution in [3.05, 3.63) is 23.8 Å². The Morgan fingerprint density at radius 1 is 1.33 bits per heavy atom. The van der Waals surface area contributed by atoms with Crippen LogP contribution in [0.15, 0.2) is 18.2 Å². The molecule has 5 heteroatoms. The van der Waals surface area contributed by atoms with Crippen LogP contribution in [0.1, 0.15) is 12.0 Å². The number of nitrogens with one attached hydrogen (secondary N) is 2. The van der Waals surface area contributed by atoms with E-state index < -0.39 is 6.04 Å². The predicted octanol–water partition coefficient (Wildman–Crippen LogP) is 0.888. The highest BCUT2D eigenvalue weighted by Gasteiger charge is 2.30. The molecule has 0 bridgehead atoms. The van der Waals surface area contributed by atoms with E-state index in [1.54, 1.807) is 0 Å². The minimum absolute atomic E-state index is 0.198. The Hall–Kier alpha value is -2.04. The third-order valence-electron chi connectivity index (χ3n) is 3.00. The molecule has 1 saturated heterocycles. The summed E-state index contributed by atoms with van der Waals surface area (Å²) in [5, 5.41) is 5.37. The lowest BCUT2D eigenvalue weighted by atomic mass is 10.1. The maximum atomic E-state index is 11.5. The van der Waals surface area contributed by atoms with E-state index in [4.69, 9.17) is 0 Å². The largest absolute Gasteiger partial charge is 0.377 e. The summed E-state index contributed by atoms with van der Waals surface area (Å²) >= 11 is 0. The molecule has 96 valence electrons. The molecule has 18 heavy (non-hydrogen) atoms. The van der Waals surface area contributed by atoms with Gasteiger partial charge in [-0.1, -0.05) is 6.07 Å². The van der Waals surface area contributed by atoms with Crippen LogP contribution in [0.4, 0.5) is 11.4 Å². The summed E-state index contributed by atoms with van der Waals surface area (Å²) in [5.41, 5.74) is 3.10. The number of carbonyl (C=O) groups is 2. The molecule has 2 amide bonds. The third-order valence-corrected chi connectivity index (χ3v) is 3.00. The SMILES string of the molecule is Cc1ccc(NC2CC(=O)NC2=O)cc1N(C)C. The second kappa shape index (κ2) is 4.68. The fourth-order valence-electron chi connectivity index (χ4n) is 2.05. The molecule has 1 aliphatic heterocycles. The number of carbonyl (C=O) groups excluding carboxylic acids is 2. The first-order chi connectivity index (χ1) is 8.47. The number of imide groups is 1. The molecule has 1 unspecified atom stereocenters. The first-order valence-electron chi connectivity index (χ1n) is 5.85. The van der Waals surface area contributed by atoms with E-state index in [2.05, 4.69) is 10.6 Å². The lowest BCUT2D eigenvalue weighted by Crippen LogP contribution is -2.30. The monoisotopic (exact) mass is 247 g/mol. The number of amides is 2. The molecular weight excluding hydrogens is 230 g/mol. The molecule has 1 heterocycles. The molecule has 5 nitrogen and oxygen atoms in total. The van der Waals surface area contributed by atoms with Gasteiger partial charge in [-0.3, -0.25) is 14.9 Å². The molecule has 2 N–H and O–H groups in total. The van der Waals surface area contributed by atoms with Crippen molar-refractivity contribution in [1.29, 1.82) is 0 Å². The fraction of sp³-hybridized carbons (Fsp3) is 0.385. The average Bonchev–Trinajstić information content (AvgIpc) is 2.60. The molecule has 0 radical (unpaired) electrons. The Bertz CT molecular complexity index is 497. The summed E-state index contributed by atoms with van der Waals surface area (Å²) in [4.78, 5) is 24.6. The minimum Gasteiger partial charge on any atom is -0.377 e. The van der Waals surface area contributed by atoms with E-state index in [1.807, 2.05) is 44.1 Å². The van der Waals surface area contributed by atoms with E-state index in [0.717, 1.165) is 16.9 Å². The Balaban J connectivity index is 2.17. The Labute approximate surface area is 106 Å². The average molecular weight is 247 g/mol. The lowest BCUT2D eigenvalue weighted by Gasteiger charge is -2.18. The summed E-state index contributed by atoms with van der Waals surface area (Å²) < 4.78 is 0. The smallest absolute Gasteiger partial charge is 0.249 e. The van der Waals surface area contributed by atoms with Crippen LogP contribution in [0.3, 0.4) is 0 Å². The Morgan fingerprint density at radius 3 is 2.61 bits per heavy atom. The highest BCUT2D eigenvalue weighted by Crippen LogP contribution is 2.23. The van der Waals surface area contributed by atoms with Gasteiger partial charge < -0.3 is 10.2 Å². The molecule has 0 aromatic heterocycles. The van der Waals surface area contributed by atoms with Crippen molar-refractivity contribution in [3.63, 3.8) is 0 Å². The number of rotatable bonds is 3. The number of benzene rings is 1. The van der Waals surface area contributed by atoms with Crippen LogP contribution in [-0.2, 0) is 9.59 Å². The zero-order chi connectivity index (χ0) is 13.3. The summed E-state index contributed by atoms with van der Waals surface area (Å²) in [6.07, 6.45) is 0.198. The number of aryl methyl sites for hydroxylation is 1. The van der Waals surface area contributed by atoms with Crippen molar-refractivity contribution in [2.24, 2.45) is 0 Å². The van der Waals surface area contributed by atoms with Crippen molar-refractivity contribution < 1.29 is 9.59 Å². The van der Waals surface area contributed by atoms with Gasteiger partial charge in [-0.15, -0.1) is 0 Å². The van der Waals surface area contributed by atoms with Crippen LogP contribution < -0.4 is 15.5 Å². The molecule has 1 atom stereocenters. The second-order valence-electron chi connectivity index (χ2n) is 4.71. The van der Waals surface area contributed by atoms with Crippen LogP contribution in [0.25, 0.3) is 0 Å². The zero-order valence-corrected chi connectivity index (χ0v) is 10.8. The maximum absolute atomic E-state index is 11.5. The molecule has 1 aromatic carbocycles. The van der Waals surface area contributed by atoms with Gasteiger partial charge in [0, 0.05) is 25.5 Å². The zero-order valence-electron chi connectivity index (χ0n) is 10.8. The van der Waals surface area contributed by atoms with Crippen molar-refractivity contribution >= 4 is 23.2 Å². The quantitative estimate of drug-likeness (QED) is 0.779. The number of anilines is 2. The van der Waals surface area contributed by atoms with Gasteiger partial charge >= 0.3 is 0 Å². The molecule has 0 spiro atoms. The molecule has 2 rings (SSSR count). The fourth-order valence-corrected chi connectivity index (χ4v) is 2.05. The van der Waals surface area contributed by atoms with E-state index in [0.29, 0.717) is 0 Å². The van der Waals surface area contributed by atoms with Crippen LogP contribution in [0.2, 0.25) is 0 Å². The second-order valence-corrected chi connectivity index (χ2v) is 4.71.